The van der Waals surface area contributed by atoms with Crippen molar-refractivity contribution in [1.29, 1.82) is 0 Å². The maximum atomic E-state index is 12.5. The van der Waals surface area contributed by atoms with Gasteiger partial charge < -0.3 is 25.2 Å². The van der Waals surface area contributed by atoms with Gasteiger partial charge in [-0.2, -0.15) is 0 Å². The van der Waals surface area contributed by atoms with Gasteiger partial charge in [0.05, 0.1) is 14.2 Å². The first-order valence-electron chi connectivity index (χ1n) is 8.32. The molecule has 0 spiro atoms. The average Bonchev–Trinajstić information content (AvgIpc) is 2.61. The summed E-state index contributed by atoms with van der Waals surface area (Å²) in [6, 6.07) is 4.01. The van der Waals surface area contributed by atoms with Crippen LogP contribution in [0.25, 0.3) is 0 Å². The Hall–Kier alpha value is -2.77. The molecule has 26 heavy (non-hydrogen) atoms. The number of hydrogen-bond donors (Lipinski definition) is 3. The van der Waals surface area contributed by atoms with Crippen LogP contribution in [-0.4, -0.2) is 49.7 Å². The van der Waals surface area contributed by atoms with Crippen LogP contribution in [-0.2, 0) is 9.59 Å². The van der Waals surface area contributed by atoms with Crippen molar-refractivity contribution < 1.29 is 29.0 Å². The fraction of sp³-hybridized carbons (Fsp3) is 0.500. The minimum atomic E-state index is -0.917. The smallest absolute Gasteiger partial charge is 0.303 e. The highest BCUT2D eigenvalue weighted by Gasteiger charge is 2.25. The van der Waals surface area contributed by atoms with E-state index in [1.807, 2.05) is 13.8 Å². The van der Waals surface area contributed by atoms with Crippen LogP contribution in [0, 0.1) is 5.92 Å². The fourth-order valence-electron chi connectivity index (χ4n) is 2.26. The van der Waals surface area contributed by atoms with Crippen molar-refractivity contribution in [2.24, 2.45) is 5.92 Å². The highest BCUT2D eigenvalue weighted by Crippen LogP contribution is 2.22. The first kappa shape index (κ1) is 21.3. The van der Waals surface area contributed by atoms with Crippen LogP contribution >= 0.6 is 0 Å². The Morgan fingerprint density at radius 1 is 1.08 bits per heavy atom. The maximum absolute atomic E-state index is 12.5. The number of benzene rings is 1. The van der Waals surface area contributed by atoms with Gasteiger partial charge in [0.1, 0.15) is 17.5 Å². The van der Waals surface area contributed by atoms with Crippen molar-refractivity contribution in [2.75, 3.05) is 20.8 Å². The lowest BCUT2D eigenvalue weighted by Gasteiger charge is -2.22. The zero-order valence-corrected chi connectivity index (χ0v) is 15.5. The van der Waals surface area contributed by atoms with Gasteiger partial charge in [0.15, 0.2) is 0 Å². The molecule has 0 bridgehead atoms. The Morgan fingerprint density at radius 2 is 1.65 bits per heavy atom. The summed E-state index contributed by atoms with van der Waals surface area (Å²) in [5.41, 5.74) is 0.311. The van der Waals surface area contributed by atoms with Crippen LogP contribution in [0.15, 0.2) is 18.2 Å². The molecule has 1 rings (SSSR count). The first-order valence-corrected chi connectivity index (χ1v) is 8.32. The predicted molar refractivity (Wildman–Crippen MR) is 95.5 cm³/mol. The number of methoxy groups -OCH3 is 2. The van der Waals surface area contributed by atoms with E-state index in [-0.39, 0.29) is 24.8 Å². The van der Waals surface area contributed by atoms with E-state index in [0.717, 1.165) is 0 Å². The molecule has 3 N–H and O–H groups in total. The van der Waals surface area contributed by atoms with Gasteiger partial charge in [-0.25, -0.2) is 0 Å². The van der Waals surface area contributed by atoms with E-state index in [9.17, 15) is 14.4 Å². The summed E-state index contributed by atoms with van der Waals surface area (Å²) in [7, 11) is 2.97. The number of carbonyl (C=O) groups excluding carboxylic acids is 2. The van der Waals surface area contributed by atoms with E-state index in [2.05, 4.69) is 10.6 Å². The third kappa shape index (κ3) is 6.62. The van der Waals surface area contributed by atoms with Crippen molar-refractivity contribution >= 4 is 17.8 Å². The SMILES string of the molecule is COc1cc(OC)cc(C(=O)NC(C(=O)NCCCC(=O)O)C(C)C)c1. The summed E-state index contributed by atoms with van der Waals surface area (Å²) in [5.74, 6) is -0.913. The molecule has 0 saturated heterocycles. The van der Waals surface area contributed by atoms with Crippen molar-refractivity contribution in [3.05, 3.63) is 23.8 Å². The maximum Gasteiger partial charge on any atom is 0.303 e. The van der Waals surface area contributed by atoms with Crippen LogP contribution in [0.1, 0.15) is 37.0 Å². The number of aliphatic carboxylic acids is 1. The van der Waals surface area contributed by atoms with Gasteiger partial charge in [-0.05, 0) is 24.5 Å². The molecule has 1 unspecified atom stereocenters. The van der Waals surface area contributed by atoms with Crippen LogP contribution in [0.4, 0.5) is 0 Å². The minimum absolute atomic E-state index is 0.0252. The Labute approximate surface area is 152 Å². The summed E-state index contributed by atoms with van der Waals surface area (Å²) >= 11 is 0. The molecular formula is C18H26N2O6. The monoisotopic (exact) mass is 366 g/mol. The van der Waals surface area contributed by atoms with Gasteiger partial charge in [-0.3, -0.25) is 14.4 Å². The number of ether oxygens (including phenoxy) is 2. The molecule has 0 aliphatic rings. The number of carboxylic acid groups (broad SMARTS) is 1. The van der Waals surface area contributed by atoms with Crippen LogP contribution in [0.2, 0.25) is 0 Å². The molecule has 0 aliphatic heterocycles. The van der Waals surface area contributed by atoms with Gasteiger partial charge in [0, 0.05) is 24.6 Å². The quantitative estimate of drug-likeness (QED) is 0.540. The van der Waals surface area contributed by atoms with Crippen molar-refractivity contribution in [1.82, 2.24) is 10.6 Å². The summed E-state index contributed by atoms with van der Waals surface area (Å²) < 4.78 is 10.3. The molecule has 0 radical (unpaired) electrons. The van der Waals surface area contributed by atoms with Crippen molar-refractivity contribution in [2.45, 2.75) is 32.7 Å². The predicted octanol–water partition coefficient (Wildman–Crippen LogP) is 1.44. The molecular weight excluding hydrogens is 340 g/mol. The van der Waals surface area contributed by atoms with E-state index in [1.54, 1.807) is 18.2 Å². The highest BCUT2D eigenvalue weighted by atomic mass is 16.5. The Bertz CT molecular complexity index is 622. The fourth-order valence-corrected chi connectivity index (χ4v) is 2.26. The number of rotatable bonds is 10. The molecule has 1 atom stereocenters. The molecule has 8 nitrogen and oxygen atoms in total. The summed E-state index contributed by atoms with van der Waals surface area (Å²) in [5, 5.41) is 14.0. The highest BCUT2D eigenvalue weighted by molar-refractivity contribution is 5.98. The molecule has 0 saturated carbocycles. The lowest BCUT2D eigenvalue weighted by atomic mass is 10.0. The van der Waals surface area contributed by atoms with Gasteiger partial charge in [-0.1, -0.05) is 13.8 Å². The molecule has 0 fully saturated rings. The number of nitrogens with one attached hydrogen (secondary N) is 2. The van der Waals surface area contributed by atoms with Crippen molar-refractivity contribution in [3.8, 4) is 11.5 Å². The van der Waals surface area contributed by atoms with Gasteiger partial charge in [0.25, 0.3) is 5.91 Å². The normalized spacial score (nSPS) is 11.6. The Balaban J connectivity index is 2.78. The molecule has 0 aliphatic carbocycles. The second-order valence-electron chi connectivity index (χ2n) is 6.08. The lowest BCUT2D eigenvalue weighted by Crippen LogP contribution is -2.49. The molecule has 8 heteroatoms. The van der Waals surface area contributed by atoms with Crippen LogP contribution in [0.5, 0.6) is 11.5 Å². The second kappa shape index (κ2) is 10.3. The van der Waals surface area contributed by atoms with Crippen LogP contribution in [0.3, 0.4) is 0 Å². The Morgan fingerprint density at radius 3 is 2.12 bits per heavy atom. The standard InChI is InChI=1S/C18H26N2O6/c1-11(2)16(18(24)19-7-5-6-15(21)22)20-17(23)12-8-13(25-3)10-14(9-12)26-4/h8-11,16H,5-7H2,1-4H3,(H,19,24)(H,20,23)(H,21,22). The summed E-state index contributed by atoms with van der Waals surface area (Å²) in [6.07, 6.45) is 0.301. The summed E-state index contributed by atoms with van der Waals surface area (Å²) in [4.78, 5) is 35.4. The summed E-state index contributed by atoms with van der Waals surface area (Å²) in [6.45, 7) is 3.86. The first-order chi connectivity index (χ1) is 12.3. The van der Waals surface area contributed by atoms with Gasteiger partial charge in [-0.15, -0.1) is 0 Å². The van der Waals surface area contributed by atoms with E-state index in [1.165, 1.54) is 14.2 Å². The number of hydrogen-bond acceptors (Lipinski definition) is 5. The van der Waals surface area contributed by atoms with Crippen molar-refractivity contribution in [3.63, 3.8) is 0 Å². The zero-order chi connectivity index (χ0) is 19.7. The van der Waals surface area contributed by atoms with Gasteiger partial charge in [0.2, 0.25) is 5.91 Å². The van der Waals surface area contributed by atoms with E-state index in [4.69, 9.17) is 14.6 Å². The van der Waals surface area contributed by atoms with E-state index in [0.29, 0.717) is 23.5 Å². The third-order valence-electron chi connectivity index (χ3n) is 3.72. The molecule has 1 aromatic rings. The molecule has 0 aromatic heterocycles. The number of carbonyl (C=O) groups is 3. The largest absolute Gasteiger partial charge is 0.497 e. The number of carboxylic acids is 1. The van der Waals surface area contributed by atoms with E-state index >= 15 is 0 Å². The van der Waals surface area contributed by atoms with Gasteiger partial charge >= 0.3 is 5.97 Å². The molecule has 144 valence electrons. The van der Waals surface area contributed by atoms with E-state index < -0.39 is 17.9 Å². The molecule has 1 aromatic carbocycles. The Kier molecular flexibility index (Phi) is 8.41. The zero-order valence-electron chi connectivity index (χ0n) is 15.5. The van der Waals surface area contributed by atoms with Crippen LogP contribution < -0.4 is 20.1 Å². The third-order valence-corrected chi connectivity index (χ3v) is 3.72. The molecule has 2 amide bonds. The average molecular weight is 366 g/mol. The lowest BCUT2D eigenvalue weighted by molar-refractivity contribution is -0.137. The number of amides is 2. The minimum Gasteiger partial charge on any atom is -0.497 e. The molecule has 0 heterocycles. The topological polar surface area (TPSA) is 114 Å². The second-order valence-corrected chi connectivity index (χ2v) is 6.08.